The van der Waals surface area contributed by atoms with E-state index in [1.54, 1.807) is 0 Å². The van der Waals surface area contributed by atoms with Gasteiger partial charge in [0.1, 0.15) is 13.2 Å². The van der Waals surface area contributed by atoms with Crippen molar-refractivity contribution in [2.24, 2.45) is 0 Å². The predicted octanol–water partition coefficient (Wildman–Crippen LogP) is 18.1. The summed E-state index contributed by atoms with van der Waals surface area (Å²) in [6, 6.07) is 0. The lowest BCUT2D eigenvalue weighted by atomic mass is 10.1. The molecular formula is C57H104O6. The minimum absolute atomic E-state index is 0.0735. The van der Waals surface area contributed by atoms with Gasteiger partial charge in [0.25, 0.3) is 0 Å². The highest BCUT2D eigenvalue weighted by Crippen LogP contribution is 2.15. The third-order valence-electron chi connectivity index (χ3n) is 12.1. The van der Waals surface area contributed by atoms with Crippen LogP contribution in [0.3, 0.4) is 0 Å². The molecule has 6 nitrogen and oxygen atoms in total. The van der Waals surface area contributed by atoms with Gasteiger partial charge in [-0.2, -0.15) is 0 Å². The summed E-state index contributed by atoms with van der Waals surface area (Å²) >= 11 is 0. The molecule has 0 saturated carbocycles. The molecule has 0 N–H and O–H groups in total. The summed E-state index contributed by atoms with van der Waals surface area (Å²) in [5.41, 5.74) is 0. The van der Waals surface area contributed by atoms with Crippen molar-refractivity contribution in [2.45, 2.75) is 297 Å². The summed E-state index contributed by atoms with van der Waals surface area (Å²) in [5, 5.41) is 0. The molecule has 63 heavy (non-hydrogen) atoms. The Bertz CT molecular complexity index is 1060. The maximum absolute atomic E-state index is 12.8. The molecule has 0 heterocycles. The zero-order valence-corrected chi connectivity index (χ0v) is 42.1. The molecule has 0 fully saturated rings. The lowest BCUT2D eigenvalue weighted by Gasteiger charge is -2.18. The third kappa shape index (κ3) is 50.5. The molecule has 0 spiro atoms. The Morgan fingerprint density at radius 1 is 0.317 bits per heavy atom. The predicted molar refractivity (Wildman–Crippen MR) is 270 cm³/mol. The van der Waals surface area contributed by atoms with Crippen LogP contribution in [0.15, 0.2) is 36.5 Å². The number of ether oxygens (including phenoxy) is 3. The van der Waals surface area contributed by atoms with Crippen molar-refractivity contribution in [1.29, 1.82) is 0 Å². The first-order valence-electron chi connectivity index (χ1n) is 27.5. The summed E-state index contributed by atoms with van der Waals surface area (Å²) < 4.78 is 16.7. The van der Waals surface area contributed by atoms with Gasteiger partial charge in [0.2, 0.25) is 0 Å². The quantitative estimate of drug-likeness (QED) is 0.0262. The molecule has 6 heteroatoms. The van der Waals surface area contributed by atoms with E-state index in [9.17, 15) is 14.4 Å². The van der Waals surface area contributed by atoms with E-state index >= 15 is 0 Å². The van der Waals surface area contributed by atoms with Crippen molar-refractivity contribution in [3.05, 3.63) is 36.5 Å². The van der Waals surface area contributed by atoms with Crippen LogP contribution in [0.5, 0.6) is 0 Å². The number of carbonyl (C=O) groups is 3. The normalized spacial score (nSPS) is 12.2. The fraction of sp³-hybridized carbons (Fsp3) is 0.842. The van der Waals surface area contributed by atoms with Gasteiger partial charge in [-0.05, 0) is 77.0 Å². The SMILES string of the molecule is CCCCCCC/C=C\C/C=C\CCCCCCCCCCCC(=O)OCC(COC(=O)CCCCCCC)OC(=O)CCCCCCCCCCC/C=C\CCCCCCCC. The van der Waals surface area contributed by atoms with Crippen LogP contribution < -0.4 is 0 Å². The summed E-state index contributed by atoms with van der Waals surface area (Å²) in [6.07, 6.45) is 61.7. The van der Waals surface area contributed by atoms with Crippen molar-refractivity contribution >= 4 is 17.9 Å². The number of carbonyl (C=O) groups excluding carboxylic acids is 3. The highest BCUT2D eigenvalue weighted by atomic mass is 16.6. The van der Waals surface area contributed by atoms with Crippen LogP contribution >= 0.6 is 0 Å². The number of hydrogen-bond acceptors (Lipinski definition) is 6. The molecule has 0 aromatic carbocycles. The maximum atomic E-state index is 12.8. The van der Waals surface area contributed by atoms with E-state index in [4.69, 9.17) is 14.2 Å². The summed E-state index contributed by atoms with van der Waals surface area (Å²) in [5.74, 6) is -0.882. The fourth-order valence-electron chi connectivity index (χ4n) is 7.94. The molecule has 1 atom stereocenters. The van der Waals surface area contributed by atoms with Gasteiger partial charge in [-0.3, -0.25) is 14.4 Å². The number of unbranched alkanes of at least 4 members (excludes halogenated alkanes) is 33. The van der Waals surface area contributed by atoms with Gasteiger partial charge in [0, 0.05) is 19.3 Å². The summed E-state index contributed by atoms with van der Waals surface area (Å²) in [4.78, 5) is 37.7. The topological polar surface area (TPSA) is 78.9 Å². The Morgan fingerprint density at radius 2 is 0.571 bits per heavy atom. The fourth-order valence-corrected chi connectivity index (χ4v) is 7.94. The molecule has 0 bridgehead atoms. The van der Waals surface area contributed by atoms with E-state index in [2.05, 4.69) is 57.2 Å². The largest absolute Gasteiger partial charge is 0.462 e. The van der Waals surface area contributed by atoms with Crippen LogP contribution in [0.4, 0.5) is 0 Å². The van der Waals surface area contributed by atoms with E-state index in [0.717, 1.165) is 70.6 Å². The van der Waals surface area contributed by atoms with Crippen molar-refractivity contribution in [3.63, 3.8) is 0 Å². The van der Waals surface area contributed by atoms with E-state index in [-0.39, 0.29) is 31.1 Å². The van der Waals surface area contributed by atoms with Gasteiger partial charge in [-0.25, -0.2) is 0 Å². The molecule has 0 saturated heterocycles. The van der Waals surface area contributed by atoms with Crippen LogP contribution in [0.25, 0.3) is 0 Å². The van der Waals surface area contributed by atoms with Crippen molar-refractivity contribution in [1.82, 2.24) is 0 Å². The Kier molecular flexibility index (Phi) is 50.3. The van der Waals surface area contributed by atoms with Gasteiger partial charge < -0.3 is 14.2 Å². The van der Waals surface area contributed by atoms with Gasteiger partial charge in [0.15, 0.2) is 6.10 Å². The van der Waals surface area contributed by atoms with Gasteiger partial charge in [0.05, 0.1) is 0 Å². The van der Waals surface area contributed by atoms with E-state index in [1.807, 2.05) is 0 Å². The minimum atomic E-state index is -0.769. The first kappa shape index (κ1) is 60.6. The second kappa shape index (κ2) is 52.3. The number of hydrogen-bond donors (Lipinski definition) is 0. The van der Waals surface area contributed by atoms with E-state index in [1.165, 1.54) is 180 Å². The van der Waals surface area contributed by atoms with Crippen LogP contribution in [-0.2, 0) is 28.6 Å². The summed E-state index contributed by atoms with van der Waals surface area (Å²) in [6.45, 7) is 6.56. The molecule has 0 aliphatic heterocycles. The maximum Gasteiger partial charge on any atom is 0.306 e. The van der Waals surface area contributed by atoms with Crippen molar-refractivity contribution in [2.75, 3.05) is 13.2 Å². The molecule has 0 amide bonds. The Morgan fingerprint density at radius 3 is 0.889 bits per heavy atom. The molecule has 0 aromatic rings. The van der Waals surface area contributed by atoms with Crippen molar-refractivity contribution < 1.29 is 28.6 Å². The molecule has 0 radical (unpaired) electrons. The van der Waals surface area contributed by atoms with Gasteiger partial charge >= 0.3 is 17.9 Å². The second-order valence-corrected chi connectivity index (χ2v) is 18.5. The van der Waals surface area contributed by atoms with Crippen molar-refractivity contribution in [3.8, 4) is 0 Å². The van der Waals surface area contributed by atoms with Crippen LogP contribution in [-0.4, -0.2) is 37.2 Å². The zero-order valence-electron chi connectivity index (χ0n) is 42.1. The molecule has 368 valence electrons. The number of allylic oxidation sites excluding steroid dienone is 6. The lowest BCUT2D eigenvalue weighted by Crippen LogP contribution is -2.30. The molecular weight excluding hydrogens is 781 g/mol. The first-order valence-corrected chi connectivity index (χ1v) is 27.5. The Hall–Kier alpha value is -2.37. The monoisotopic (exact) mass is 885 g/mol. The molecule has 0 aliphatic rings. The van der Waals surface area contributed by atoms with E-state index < -0.39 is 6.10 Å². The number of esters is 3. The smallest absolute Gasteiger partial charge is 0.306 e. The molecule has 0 aromatic heterocycles. The van der Waals surface area contributed by atoms with Gasteiger partial charge in [-0.1, -0.05) is 231 Å². The highest BCUT2D eigenvalue weighted by molar-refractivity contribution is 5.71. The average molecular weight is 885 g/mol. The Balaban J connectivity index is 4.11. The average Bonchev–Trinajstić information content (AvgIpc) is 3.28. The zero-order chi connectivity index (χ0) is 45.8. The molecule has 0 rings (SSSR count). The molecule has 0 aliphatic carbocycles. The van der Waals surface area contributed by atoms with E-state index in [0.29, 0.717) is 19.3 Å². The standard InChI is InChI=1S/C57H104O6/c1-4-7-10-13-15-17-19-21-23-25-27-28-30-31-33-35-37-39-41-44-47-50-56(59)62-53-54(52-61-55(58)49-46-43-12-9-6-3)63-57(60)51-48-45-42-40-38-36-34-32-29-26-24-22-20-18-16-14-11-8-5-2/h19,21-22,24-25,27,54H,4-18,20,23,26,28-53H2,1-3H3/b21-19-,24-22-,27-25-. The van der Waals surface area contributed by atoms with Crippen LogP contribution in [0.2, 0.25) is 0 Å². The Labute approximate surface area is 391 Å². The first-order chi connectivity index (χ1) is 31.0. The molecule has 1 unspecified atom stereocenters. The lowest BCUT2D eigenvalue weighted by molar-refractivity contribution is -0.167. The number of rotatable bonds is 50. The minimum Gasteiger partial charge on any atom is -0.462 e. The van der Waals surface area contributed by atoms with Crippen LogP contribution in [0.1, 0.15) is 290 Å². The summed E-state index contributed by atoms with van der Waals surface area (Å²) in [7, 11) is 0. The third-order valence-corrected chi connectivity index (χ3v) is 12.1. The van der Waals surface area contributed by atoms with Gasteiger partial charge in [-0.15, -0.1) is 0 Å². The van der Waals surface area contributed by atoms with Crippen LogP contribution in [0, 0.1) is 0 Å². The highest BCUT2D eigenvalue weighted by Gasteiger charge is 2.19. The second-order valence-electron chi connectivity index (χ2n) is 18.5.